The number of carbonyl (C=O) groups is 2. The zero-order valence-corrected chi connectivity index (χ0v) is 22.5. The second kappa shape index (κ2) is 13.8. The first kappa shape index (κ1) is 28.3. The van der Waals surface area contributed by atoms with E-state index in [1.165, 1.54) is 0 Å². The molecule has 1 atom stereocenters. The van der Waals surface area contributed by atoms with Gasteiger partial charge in [0.1, 0.15) is 17.3 Å². The number of Topliss-reactive ketones (excluding diaryl/α,β-unsaturated/α-hetero) is 1. The molecule has 0 spiro atoms. The zero-order valence-electron chi connectivity index (χ0n) is 22.5. The number of benzene rings is 2. The lowest BCUT2D eigenvalue weighted by atomic mass is 9.95. The Balaban J connectivity index is 1.96. The molecule has 37 heavy (non-hydrogen) atoms. The Morgan fingerprint density at radius 1 is 0.892 bits per heavy atom. The van der Waals surface area contributed by atoms with Crippen molar-refractivity contribution < 1.29 is 24.2 Å². The zero-order chi connectivity index (χ0) is 26.8. The van der Waals surface area contributed by atoms with Gasteiger partial charge in [-0.3, -0.25) is 9.59 Å². The third-order valence-electron chi connectivity index (χ3n) is 6.71. The molecule has 2 aromatic carbocycles. The lowest BCUT2D eigenvalue weighted by Crippen LogP contribution is -2.33. The maximum Gasteiger partial charge on any atom is 0.295 e. The van der Waals surface area contributed by atoms with Crippen LogP contribution in [0.25, 0.3) is 5.76 Å². The fourth-order valence-electron chi connectivity index (χ4n) is 4.57. The number of hydrogen-bond acceptors (Lipinski definition) is 6. The standard InChI is InChI=1S/C30H40N2O5/c1-5-9-21-37-25-15-11-22(12-16-25)27-26(28(33)23-13-17-24(18-14-23)36-8-4)29(34)30(35)32(27)20-10-19-31(6-2)7-3/h11-18,27,33H,5-10,19-21H2,1-4H3. The average molecular weight is 509 g/mol. The van der Waals surface area contributed by atoms with E-state index < -0.39 is 17.7 Å². The fraction of sp³-hybridized carbons (Fsp3) is 0.467. The van der Waals surface area contributed by atoms with Gasteiger partial charge in [0, 0.05) is 12.1 Å². The van der Waals surface area contributed by atoms with Crippen LogP contribution in [0.1, 0.15) is 64.1 Å². The minimum atomic E-state index is -0.673. The van der Waals surface area contributed by atoms with Crippen molar-refractivity contribution in [3.63, 3.8) is 0 Å². The van der Waals surface area contributed by atoms with Crippen molar-refractivity contribution in [2.24, 2.45) is 0 Å². The van der Waals surface area contributed by atoms with E-state index in [-0.39, 0.29) is 11.3 Å². The van der Waals surface area contributed by atoms with E-state index in [1.54, 1.807) is 29.2 Å². The number of rotatable bonds is 14. The summed E-state index contributed by atoms with van der Waals surface area (Å²) < 4.78 is 11.3. The normalized spacial score (nSPS) is 17.0. The molecule has 1 aliphatic rings. The van der Waals surface area contributed by atoms with Gasteiger partial charge < -0.3 is 24.4 Å². The topological polar surface area (TPSA) is 79.3 Å². The number of hydrogen-bond donors (Lipinski definition) is 1. The highest BCUT2D eigenvalue weighted by Crippen LogP contribution is 2.40. The summed E-state index contributed by atoms with van der Waals surface area (Å²) in [6.45, 7) is 12.5. The molecule has 0 aromatic heterocycles. The summed E-state index contributed by atoms with van der Waals surface area (Å²) in [7, 11) is 0. The Kier molecular flexibility index (Phi) is 10.6. The molecule has 1 unspecified atom stereocenters. The molecule has 7 heteroatoms. The fourth-order valence-corrected chi connectivity index (χ4v) is 4.57. The third kappa shape index (κ3) is 6.92. The van der Waals surface area contributed by atoms with E-state index in [4.69, 9.17) is 9.47 Å². The molecule has 3 rings (SSSR count). The van der Waals surface area contributed by atoms with Crippen LogP contribution < -0.4 is 9.47 Å². The summed E-state index contributed by atoms with van der Waals surface area (Å²) in [6.07, 6.45) is 2.74. The van der Waals surface area contributed by atoms with Crippen LogP contribution in [-0.4, -0.2) is 66.0 Å². The van der Waals surface area contributed by atoms with Crippen LogP contribution in [0, 0.1) is 0 Å². The summed E-state index contributed by atoms with van der Waals surface area (Å²) >= 11 is 0. The Morgan fingerprint density at radius 2 is 1.51 bits per heavy atom. The van der Waals surface area contributed by atoms with E-state index in [1.807, 2.05) is 31.2 Å². The van der Waals surface area contributed by atoms with Gasteiger partial charge in [0.15, 0.2) is 0 Å². The molecule has 1 N–H and O–H groups in total. The largest absolute Gasteiger partial charge is 0.507 e. The SMILES string of the molecule is CCCCOc1ccc(C2C(=C(O)c3ccc(OCC)cc3)C(=O)C(=O)N2CCCN(CC)CC)cc1. The van der Waals surface area contributed by atoms with Crippen molar-refractivity contribution in [2.45, 2.75) is 53.0 Å². The highest BCUT2D eigenvalue weighted by molar-refractivity contribution is 6.46. The molecule has 1 aliphatic heterocycles. The van der Waals surface area contributed by atoms with Crippen LogP contribution in [0.15, 0.2) is 54.1 Å². The number of ether oxygens (including phenoxy) is 2. The lowest BCUT2D eigenvalue weighted by molar-refractivity contribution is -0.140. The predicted octanol–water partition coefficient (Wildman–Crippen LogP) is 5.42. The van der Waals surface area contributed by atoms with E-state index >= 15 is 0 Å². The number of unbranched alkanes of at least 4 members (excludes halogenated alkanes) is 1. The van der Waals surface area contributed by atoms with Crippen LogP contribution >= 0.6 is 0 Å². The molecule has 200 valence electrons. The number of ketones is 1. The Morgan fingerprint density at radius 3 is 2.11 bits per heavy atom. The van der Waals surface area contributed by atoms with Crippen LogP contribution in [0.5, 0.6) is 11.5 Å². The van der Waals surface area contributed by atoms with Crippen LogP contribution in [0.4, 0.5) is 0 Å². The molecular formula is C30H40N2O5. The molecule has 7 nitrogen and oxygen atoms in total. The van der Waals surface area contributed by atoms with Crippen molar-refractivity contribution in [1.82, 2.24) is 9.80 Å². The summed E-state index contributed by atoms with van der Waals surface area (Å²) in [5, 5.41) is 11.3. The number of nitrogens with zero attached hydrogens (tertiary/aromatic N) is 2. The molecule has 1 heterocycles. The van der Waals surface area contributed by atoms with Crippen molar-refractivity contribution >= 4 is 17.4 Å². The molecule has 1 saturated heterocycles. The summed E-state index contributed by atoms with van der Waals surface area (Å²) in [6, 6.07) is 13.7. The molecule has 0 aliphatic carbocycles. The number of carbonyl (C=O) groups excluding carboxylic acids is 2. The van der Waals surface area contributed by atoms with Gasteiger partial charge in [-0.05, 0) is 81.4 Å². The first-order chi connectivity index (χ1) is 17.9. The van der Waals surface area contributed by atoms with Gasteiger partial charge in [-0.1, -0.05) is 39.3 Å². The lowest BCUT2D eigenvalue weighted by Gasteiger charge is -2.27. The third-order valence-corrected chi connectivity index (χ3v) is 6.71. The van der Waals surface area contributed by atoms with Crippen LogP contribution in [0.2, 0.25) is 0 Å². The second-order valence-corrected chi connectivity index (χ2v) is 9.10. The van der Waals surface area contributed by atoms with Gasteiger partial charge >= 0.3 is 0 Å². The van der Waals surface area contributed by atoms with Gasteiger partial charge in [-0.25, -0.2) is 0 Å². The summed E-state index contributed by atoms with van der Waals surface area (Å²) in [5.74, 6) is -0.0166. The van der Waals surface area contributed by atoms with Crippen molar-refractivity contribution in [3.8, 4) is 11.5 Å². The molecule has 0 saturated carbocycles. The van der Waals surface area contributed by atoms with Gasteiger partial charge in [0.25, 0.3) is 11.7 Å². The van der Waals surface area contributed by atoms with Gasteiger partial charge in [-0.2, -0.15) is 0 Å². The van der Waals surface area contributed by atoms with E-state index in [0.717, 1.165) is 50.2 Å². The van der Waals surface area contributed by atoms with Gasteiger partial charge in [0.2, 0.25) is 0 Å². The predicted molar refractivity (Wildman–Crippen MR) is 146 cm³/mol. The maximum absolute atomic E-state index is 13.3. The van der Waals surface area contributed by atoms with Gasteiger partial charge in [0.05, 0.1) is 24.8 Å². The molecule has 2 aromatic rings. The van der Waals surface area contributed by atoms with Crippen molar-refractivity contribution in [1.29, 1.82) is 0 Å². The first-order valence-corrected chi connectivity index (χ1v) is 13.4. The molecule has 1 amide bonds. The number of aliphatic hydroxyl groups is 1. The minimum Gasteiger partial charge on any atom is -0.507 e. The van der Waals surface area contributed by atoms with Crippen LogP contribution in [-0.2, 0) is 9.59 Å². The van der Waals surface area contributed by atoms with Gasteiger partial charge in [-0.15, -0.1) is 0 Å². The monoisotopic (exact) mass is 508 g/mol. The maximum atomic E-state index is 13.3. The Bertz CT molecular complexity index is 1060. The number of likely N-dealkylation sites (tertiary alicyclic amines) is 1. The highest BCUT2D eigenvalue weighted by Gasteiger charge is 2.45. The Labute approximate surface area is 220 Å². The molecular weight excluding hydrogens is 468 g/mol. The number of aliphatic hydroxyl groups excluding tert-OH is 1. The molecule has 1 fully saturated rings. The Hall–Kier alpha value is -3.32. The molecule has 0 bridgehead atoms. The minimum absolute atomic E-state index is 0.108. The first-order valence-electron chi connectivity index (χ1n) is 13.4. The van der Waals surface area contributed by atoms with Crippen molar-refractivity contribution in [2.75, 3.05) is 39.4 Å². The summed E-state index contributed by atoms with van der Waals surface area (Å²) in [4.78, 5) is 30.4. The van der Waals surface area contributed by atoms with Crippen LogP contribution in [0.3, 0.4) is 0 Å². The van der Waals surface area contributed by atoms with Crippen molar-refractivity contribution in [3.05, 3.63) is 65.2 Å². The molecule has 0 radical (unpaired) electrons. The van der Waals surface area contributed by atoms with E-state index in [0.29, 0.717) is 31.1 Å². The van der Waals surface area contributed by atoms with E-state index in [2.05, 4.69) is 25.7 Å². The summed E-state index contributed by atoms with van der Waals surface area (Å²) in [5.41, 5.74) is 1.34. The quantitative estimate of drug-likeness (QED) is 0.159. The van der Waals surface area contributed by atoms with E-state index in [9.17, 15) is 14.7 Å². The number of amides is 1. The average Bonchev–Trinajstić information content (AvgIpc) is 3.17. The second-order valence-electron chi connectivity index (χ2n) is 9.10. The highest BCUT2D eigenvalue weighted by atomic mass is 16.5. The smallest absolute Gasteiger partial charge is 0.295 e.